The van der Waals surface area contributed by atoms with Crippen LogP contribution in [0.4, 0.5) is 5.69 Å². The highest BCUT2D eigenvalue weighted by Gasteiger charge is 2.26. The molecule has 1 aliphatic rings. The van der Waals surface area contributed by atoms with Gasteiger partial charge in [-0.05, 0) is 18.3 Å². The van der Waals surface area contributed by atoms with Crippen molar-refractivity contribution in [1.29, 1.82) is 0 Å². The Balaban J connectivity index is 2.03. The first-order valence-electron chi connectivity index (χ1n) is 5.91. The molecule has 0 radical (unpaired) electrons. The van der Waals surface area contributed by atoms with Crippen LogP contribution in [-0.4, -0.2) is 16.2 Å². The molecule has 1 aromatic rings. The molecule has 2 rings (SSSR count). The van der Waals surface area contributed by atoms with E-state index in [1.807, 2.05) is 6.07 Å². The third-order valence-corrected chi connectivity index (χ3v) is 3.87. The molecule has 1 saturated carbocycles. The van der Waals surface area contributed by atoms with Gasteiger partial charge in [0.05, 0.1) is 11.9 Å². The van der Waals surface area contributed by atoms with Crippen LogP contribution in [0.5, 0.6) is 0 Å². The van der Waals surface area contributed by atoms with E-state index in [0.717, 1.165) is 11.6 Å². The van der Waals surface area contributed by atoms with Gasteiger partial charge in [-0.3, -0.25) is 0 Å². The van der Waals surface area contributed by atoms with Gasteiger partial charge in [0.1, 0.15) is 0 Å². The van der Waals surface area contributed by atoms with Crippen molar-refractivity contribution >= 4 is 17.3 Å². The molecule has 1 aromatic heterocycles. The fourth-order valence-corrected chi connectivity index (χ4v) is 2.58. The first-order valence-corrected chi connectivity index (χ1v) is 6.29. The maximum absolute atomic E-state index is 5.81. The van der Waals surface area contributed by atoms with Gasteiger partial charge in [-0.25, -0.2) is 0 Å². The highest BCUT2D eigenvalue weighted by molar-refractivity contribution is 6.29. The average Bonchev–Trinajstić information content (AvgIpc) is 2.25. The quantitative estimate of drug-likeness (QED) is 0.860. The van der Waals surface area contributed by atoms with E-state index < -0.39 is 0 Å². The Morgan fingerprint density at radius 1 is 1.38 bits per heavy atom. The SMILES string of the molecule is CC1CCCC(Nc2cnnc(Cl)c2)C1C. The van der Waals surface area contributed by atoms with E-state index in [2.05, 4.69) is 29.4 Å². The molecule has 0 saturated heterocycles. The summed E-state index contributed by atoms with van der Waals surface area (Å²) in [5.41, 5.74) is 0.978. The Kier molecular flexibility index (Phi) is 3.64. The highest BCUT2D eigenvalue weighted by atomic mass is 35.5. The summed E-state index contributed by atoms with van der Waals surface area (Å²) >= 11 is 5.81. The van der Waals surface area contributed by atoms with Crippen LogP contribution in [-0.2, 0) is 0 Å². The number of nitrogens with one attached hydrogen (secondary N) is 1. The van der Waals surface area contributed by atoms with Crippen molar-refractivity contribution in [3.05, 3.63) is 17.4 Å². The Labute approximate surface area is 102 Å². The zero-order chi connectivity index (χ0) is 11.5. The second-order valence-electron chi connectivity index (χ2n) is 4.79. The smallest absolute Gasteiger partial charge is 0.153 e. The summed E-state index contributed by atoms with van der Waals surface area (Å²) in [7, 11) is 0. The van der Waals surface area contributed by atoms with Crippen LogP contribution >= 0.6 is 11.6 Å². The van der Waals surface area contributed by atoms with E-state index in [9.17, 15) is 0 Å². The molecule has 16 heavy (non-hydrogen) atoms. The average molecular weight is 240 g/mol. The third kappa shape index (κ3) is 2.64. The standard InChI is InChI=1S/C12H18ClN3/c1-8-4-3-5-11(9(8)2)15-10-6-12(13)16-14-7-10/h6-9,11H,3-5H2,1-2H3,(H,15,16). The molecule has 0 amide bonds. The van der Waals surface area contributed by atoms with Crippen molar-refractivity contribution in [2.45, 2.75) is 39.2 Å². The molecule has 1 aliphatic carbocycles. The molecular weight excluding hydrogens is 222 g/mol. The second-order valence-corrected chi connectivity index (χ2v) is 5.17. The van der Waals surface area contributed by atoms with E-state index in [4.69, 9.17) is 11.6 Å². The lowest BCUT2D eigenvalue weighted by Crippen LogP contribution is -2.35. The van der Waals surface area contributed by atoms with Gasteiger partial charge < -0.3 is 5.32 Å². The van der Waals surface area contributed by atoms with Gasteiger partial charge in [0.25, 0.3) is 0 Å². The summed E-state index contributed by atoms with van der Waals surface area (Å²) in [6.07, 6.45) is 5.60. The van der Waals surface area contributed by atoms with Gasteiger partial charge in [0, 0.05) is 12.1 Å². The first-order chi connectivity index (χ1) is 7.66. The van der Waals surface area contributed by atoms with E-state index in [0.29, 0.717) is 17.1 Å². The minimum Gasteiger partial charge on any atom is -0.381 e. The largest absolute Gasteiger partial charge is 0.381 e. The van der Waals surface area contributed by atoms with Crippen molar-refractivity contribution < 1.29 is 0 Å². The van der Waals surface area contributed by atoms with Gasteiger partial charge in [0.15, 0.2) is 5.15 Å². The molecule has 0 bridgehead atoms. The fraction of sp³-hybridized carbons (Fsp3) is 0.667. The van der Waals surface area contributed by atoms with E-state index in [-0.39, 0.29) is 0 Å². The molecule has 0 aromatic carbocycles. The van der Waals surface area contributed by atoms with Crippen LogP contribution in [0.25, 0.3) is 0 Å². The summed E-state index contributed by atoms with van der Waals surface area (Å²) < 4.78 is 0. The molecule has 4 heteroatoms. The van der Waals surface area contributed by atoms with E-state index in [1.165, 1.54) is 19.3 Å². The Morgan fingerprint density at radius 3 is 2.94 bits per heavy atom. The molecular formula is C12H18ClN3. The minimum atomic E-state index is 0.446. The maximum atomic E-state index is 5.81. The molecule has 88 valence electrons. The summed E-state index contributed by atoms with van der Waals surface area (Å²) in [4.78, 5) is 0. The number of nitrogens with zero attached hydrogens (tertiary/aromatic N) is 2. The van der Waals surface area contributed by atoms with Gasteiger partial charge in [0.2, 0.25) is 0 Å². The molecule has 1 heterocycles. The van der Waals surface area contributed by atoms with Crippen LogP contribution in [0, 0.1) is 11.8 Å². The van der Waals surface area contributed by atoms with Crippen molar-refractivity contribution in [1.82, 2.24) is 10.2 Å². The normalized spacial score (nSPS) is 30.1. The predicted molar refractivity (Wildman–Crippen MR) is 66.6 cm³/mol. The Morgan fingerprint density at radius 2 is 2.19 bits per heavy atom. The first kappa shape index (κ1) is 11.6. The predicted octanol–water partition coefficient (Wildman–Crippen LogP) is 3.37. The van der Waals surface area contributed by atoms with E-state index >= 15 is 0 Å². The lowest BCUT2D eigenvalue weighted by molar-refractivity contribution is 0.253. The lowest BCUT2D eigenvalue weighted by atomic mass is 9.78. The van der Waals surface area contributed by atoms with Crippen molar-refractivity contribution in [2.24, 2.45) is 11.8 Å². The molecule has 0 aliphatic heterocycles. The van der Waals surface area contributed by atoms with Gasteiger partial charge in [-0.2, -0.15) is 5.10 Å². The lowest BCUT2D eigenvalue weighted by Gasteiger charge is -2.35. The monoisotopic (exact) mass is 239 g/mol. The number of anilines is 1. The van der Waals surface area contributed by atoms with Crippen molar-refractivity contribution in [2.75, 3.05) is 5.32 Å². The summed E-state index contributed by atoms with van der Waals surface area (Å²) in [6.45, 7) is 4.65. The highest BCUT2D eigenvalue weighted by Crippen LogP contribution is 2.31. The van der Waals surface area contributed by atoms with E-state index in [1.54, 1.807) is 6.20 Å². The molecule has 0 spiro atoms. The number of aromatic nitrogens is 2. The molecule has 3 unspecified atom stereocenters. The molecule has 1 fully saturated rings. The Hall–Kier alpha value is -0.830. The second kappa shape index (κ2) is 5.00. The van der Waals surface area contributed by atoms with Crippen molar-refractivity contribution in [3.63, 3.8) is 0 Å². The van der Waals surface area contributed by atoms with Crippen LogP contribution in [0.15, 0.2) is 12.3 Å². The summed E-state index contributed by atoms with van der Waals surface area (Å²) in [5, 5.41) is 11.6. The zero-order valence-corrected chi connectivity index (χ0v) is 10.5. The van der Waals surface area contributed by atoms with Gasteiger partial charge in [-0.15, -0.1) is 5.10 Å². The van der Waals surface area contributed by atoms with Crippen LogP contribution in [0.3, 0.4) is 0 Å². The van der Waals surface area contributed by atoms with Crippen LogP contribution in [0.2, 0.25) is 5.15 Å². The molecule has 3 nitrogen and oxygen atoms in total. The number of hydrogen-bond acceptors (Lipinski definition) is 3. The topological polar surface area (TPSA) is 37.8 Å². The minimum absolute atomic E-state index is 0.446. The number of hydrogen-bond donors (Lipinski definition) is 1. The number of halogens is 1. The third-order valence-electron chi connectivity index (χ3n) is 3.68. The van der Waals surface area contributed by atoms with Gasteiger partial charge >= 0.3 is 0 Å². The summed E-state index contributed by atoms with van der Waals surface area (Å²) in [5.74, 6) is 1.48. The molecule has 3 atom stereocenters. The fourth-order valence-electron chi connectivity index (χ4n) is 2.42. The maximum Gasteiger partial charge on any atom is 0.153 e. The Bertz CT molecular complexity index is 356. The van der Waals surface area contributed by atoms with Gasteiger partial charge in [-0.1, -0.05) is 38.3 Å². The van der Waals surface area contributed by atoms with Crippen LogP contribution < -0.4 is 5.32 Å². The number of rotatable bonds is 2. The zero-order valence-electron chi connectivity index (χ0n) is 9.78. The van der Waals surface area contributed by atoms with Crippen LogP contribution in [0.1, 0.15) is 33.1 Å². The molecule has 1 N–H and O–H groups in total. The summed E-state index contributed by atoms with van der Waals surface area (Å²) in [6, 6.07) is 2.37. The van der Waals surface area contributed by atoms with Crippen molar-refractivity contribution in [3.8, 4) is 0 Å².